The Hall–Kier alpha value is -0.370. The van der Waals surface area contributed by atoms with Crippen molar-refractivity contribution in [2.45, 2.75) is 39.7 Å². The molecule has 1 fully saturated rings. The first-order valence-electron chi connectivity index (χ1n) is 4.89. The minimum Gasteiger partial charge on any atom is -0.362 e. The summed E-state index contributed by atoms with van der Waals surface area (Å²) in [5.74, 6) is 0. The molecule has 1 heterocycles. The fraction of sp³-hybridized carbons (Fsp3) is 0.727. The molecule has 1 atom stereocenters. The van der Waals surface area contributed by atoms with E-state index < -0.39 is 0 Å². The fourth-order valence-corrected chi connectivity index (χ4v) is 1.82. The third-order valence-electron chi connectivity index (χ3n) is 2.49. The van der Waals surface area contributed by atoms with Gasteiger partial charge in [0.15, 0.2) is 0 Å². The van der Waals surface area contributed by atoms with E-state index in [1.807, 2.05) is 6.08 Å². The average molecular weight is 197 g/mol. The molecule has 0 aromatic heterocycles. The lowest BCUT2D eigenvalue weighted by molar-refractivity contribution is 0.176. The highest BCUT2D eigenvalue weighted by molar-refractivity contribution is 7.80. The molecular formula is C11H19NS. The third-order valence-corrected chi connectivity index (χ3v) is 3.33. The van der Waals surface area contributed by atoms with E-state index in [0.29, 0.717) is 6.04 Å². The highest BCUT2D eigenvalue weighted by atomic mass is 32.1. The molecule has 1 unspecified atom stereocenters. The van der Waals surface area contributed by atoms with Gasteiger partial charge in [-0.2, -0.15) is 0 Å². The molecule has 1 saturated heterocycles. The molecule has 0 spiro atoms. The number of thiocarbonyl (C=S) groups is 1. The minimum atomic E-state index is 0.134. The molecule has 0 aromatic rings. The van der Waals surface area contributed by atoms with Crippen LogP contribution in [0.4, 0.5) is 0 Å². The molecule has 1 aliphatic rings. The van der Waals surface area contributed by atoms with Crippen molar-refractivity contribution in [2.24, 2.45) is 5.41 Å². The highest BCUT2D eigenvalue weighted by Crippen LogP contribution is 2.28. The molecule has 0 aromatic carbocycles. The lowest BCUT2D eigenvalue weighted by Gasteiger charge is -2.46. The van der Waals surface area contributed by atoms with Crippen LogP contribution in [0.5, 0.6) is 0 Å². The van der Waals surface area contributed by atoms with Crippen LogP contribution in [0.15, 0.2) is 12.7 Å². The van der Waals surface area contributed by atoms with E-state index in [9.17, 15) is 0 Å². The zero-order valence-electron chi connectivity index (χ0n) is 8.84. The van der Waals surface area contributed by atoms with Crippen LogP contribution >= 0.6 is 12.2 Å². The van der Waals surface area contributed by atoms with E-state index in [1.54, 1.807) is 0 Å². The Morgan fingerprint density at radius 1 is 1.62 bits per heavy atom. The first kappa shape index (κ1) is 10.7. The quantitative estimate of drug-likeness (QED) is 0.494. The highest BCUT2D eigenvalue weighted by Gasteiger charge is 2.33. The maximum atomic E-state index is 5.45. The molecule has 0 N–H and O–H groups in total. The van der Waals surface area contributed by atoms with Gasteiger partial charge in [-0.15, -0.1) is 6.58 Å². The van der Waals surface area contributed by atoms with Crippen LogP contribution in [-0.4, -0.2) is 22.5 Å². The van der Waals surface area contributed by atoms with Gasteiger partial charge in [0.1, 0.15) is 0 Å². The third kappa shape index (κ3) is 2.31. The Kier molecular flexibility index (Phi) is 3.12. The van der Waals surface area contributed by atoms with Gasteiger partial charge in [-0.1, -0.05) is 39.1 Å². The van der Waals surface area contributed by atoms with Crippen LogP contribution in [0.1, 0.15) is 33.6 Å². The molecule has 13 heavy (non-hydrogen) atoms. The SMILES string of the molecule is C=CCC1CCN1C(=S)C(C)(C)C. The van der Waals surface area contributed by atoms with E-state index in [4.69, 9.17) is 12.2 Å². The zero-order chi connectivity index (χ0) is 10.1. The summed E-state index contributed by atoms with van der Waals surface area (Å²) in [4.78, 5) is 3.45. The number of rotatable bonds is 2. The lowest BCUT2D eigenvalue weighted by atomic mass is 9.90. The molecule has 0 saturated carbocycles. The van der Waals surface area contributed by atoms with Gasteiger partial charge >= 0.3 is 0 Å². The van der Waals surface area contributed by atoms with Crippen LogP contribution < -0.4 is 0 Å². The smallest absolute Gasteiger partial charge is 0.0836 e. The first-order valence-corrected chi connectivity index (χ1v) is 5.29. The Labute approximate surface area is 86.8 Å². The maximum absolute atomic E-state index is 5.45. The van der Waals surface area contributed by atoms with Gasteiger partial charge in [-0.3, -0.25) is 0 Å². The molecular weight excluding hydrogens is 178 g/mol. The van der Waals surface area contributed by atoms with Crippen molar-refractivity contribution in [2.75, 3.05) is 6.54 Å². The van der Waals surface area contributed by atoms with E-state index >= 15 is 0 Å². The van der Waals surface area contributed by atoms with Crippen LogP contribution in [0.25, 0.3) is 0 Å². The summed E-state index contributed by atoms with van der Waals surface area (Å²) >= 11 is 5.45. The predicted octanol–water partition coefficient (Wildman–Crippen LogP) is 3.01. The van der Waals surface area contributed by atoms with E-state index in [1.165, 1.54) is 6.42 Å². The van der Waals surface area contributed by atoms with Crippen molar-refractivity contribution >= 4 is 17.2 Å². The van der Waals surface area contributed by atoms with Gasteiger partial charge in [-0.05, 0) is 12.8 Å². The summed E-state index contributed by atoms with van der Waals surface area (Å²) < 4.78 is 0. The van der Waals surface area contributed by atoms with Crippen molar-refractivity contribution in [3.05, 3.63) is 12.7 Å². The Balaban J connectivity index is 2.54. The second-order valence-electron chi connectivity index (χ2n) is 4.72. The van der Waals surface area contributed by atoms with Crippen LogP contribution in [0.3, 0.4) is 0 Å². The number of likely N-dealkylation sites (tertiary alicyclic amines) is 1. The summed E-state index contributed by atoms with van der Waals surface area (Å²) in [6.07, 6.45) is 4.32. The van der Waals surface area contributed by atoms with Crippen molar-refractivity contribution in [3.8, 4) is 0 Å². The summed E-state index contributed by atoms with van der Waals surface area (Å²) in [5.41, 5.74) is 0.134. The normalized spacial score (nSPS) is 22.4. The van der Waals surface area contributed by atoms with Crippen LogP contribution in [0, 0.1) is 5.41 Å². The minimum absolute atomic E-state index is 0.134. The molecule has 2 heteroatoms. The number of hydrogen-bond acceptors (Lipinski definition) is 1. The van der Waals surface area contributed by atoms with Gasteiger partial charge in [0.25, 0.3) is 0 Å². The van der Waals surface area contributed by atoms with Gasteiger partial charge in [-0.25, -0.2) is 0 Å². The van der Waals surface area contributed by atoms with Crippen LogP contribution in [0.2, 0.25) is 0 Å². The van der Waals surface area contributed by atoms with E-state index in [2.05, 4.69) is 32.3 Å². The van der Waals surface area contributed by atoms with Gasteiger partial charge in [0.05, 0.1) is 4.99 Å². The lowest BCUT2D eigenvalue weighted by Crippen LogP contribution is -2.53. The molecule has 0 bridgehead atoms. The van der Waals surface area contributed by atoms with Crippen molar-refractivity contribution in [1.82, 2.24) is 4.90 Å². The topological polar surface area (TPSA) is 3.24 Å². The molecule has 0 amide bonds. The van der Waals surface area contributed by atoms with Crippen molar-refractivity contribution in [3.63, 3.8) is 0 Å². The molecule has 1 aliphatic heterocycles. The van der Waals surface area contributed by atoms with E-state index in [-0.39, 0.29) is 5.41 Å². The van der Waals surface area contributed by atoms with Gasteiger partial charge in [0, 0.05) is 18.0 Å². The Bertz CT molecular complexity index is 215. The largest absolute Gasteiger partial charge is 0.362 e. The Morgan fingerprint density at radius 2 is 2.23 bits per heavy atom. The second kappa shape index (κ2) is 3.79. The van der Waals surface area contributed by atoms with Crippen LogP contribution in [-0.2, 0) is 0 Å². The van der Waals surface area contributed by atoms with E-state index in [0.717, 1.165) is 18.0 Å². The Morgan fingerprint density at radius 3 is 2.54 bits per heavy atom. The fourth-order valence-electron chi connectivity index (χ4n) is 1.58. The van der Waals surface area contributed by atoms with Crippen molar-refractivity contribution < 1.29 is 0 Å². The van der Waals surface area contributed by atoms with Gasteiger partial charge < -0.3 is 4.90 Å². The molecule has 0 aliphatic carbocycles. The standard InChI is InChI=1S/C11H19NS/c1-5-6-9-7-8-12(9)10(13)11(2,3)4/h5,9H,1,6-8H2,2-4H3. The second-order valence-corrected chi connectivity index (χ2v) is 5.10. The monoisotopic (exact) mass is 197 g/mol. The maximum Gasteiger partial charge on any atom is 0.0836 e. The summed E-state index contributed by atoms with van der Waals surface area (Å²) in [6.45, 7) is 11.4. The summed E-state index contributed by atoms with van der Waals surface area (Å²) in [5, 5.41) is 0. The number of nitrogens with zero attached hydrogens (tertiary/aromatic N) is 1. The predicted molar refractivity (Wildman–Crippen MR) is 62.0 cm³/mol. The summed E-state index contributed by atoms with van der Waals surface area (Å²) in [6, 6.07) is 0.629. The summed E-state index contributed by atoms with van der Waals surface area (Å²) in [7, 11) is 0. The average Bonchev–Trinajstić information content (AvgIpc) is 1.96. The first-order chi connectivity index (χ1) is 5.96. The molecule has 0 radical (unpaired) electrons. The number of hydrogen-bond donors (Lipinski definition) is 0. The molecule has 1 rings (SSSR count). The van der Waals surface area contributed by atoms with Gasteiger partial charge in [0.2, 0.25) is 0 Å². The molecule has 74 valence electrons. The molecule has 1 nitrogen and oxygen atoms in total. The van der Waals surface area contributed by atoms with Crippen molar-refractivity contribution in [1.29, 1.82) is 0 Å². The zero-order valence-corrected chi connectivity index (χ0v) is 9.66.